The van der Waals surface area contributed by atoms with Gasteiger partial charge in [0.05, 0.1) is 6.07 Å². The SMILES string of the molecule is F[B-](F)(F)F.N#[N+]c1cc(F)c(F)cc1F. The summed E-state index contributed by atoms with van der Waals surface area (Å²) < 4.78 is 75.8. The number of diazo groups is 1. The van der Waals surface area contributed by atoms with Crippen molar-refractivity contribution in [3.05, 3.63) is 34.6 Å². The summed E-state index contributed by atoms with van der Waals surface area (Å²) in [4.78, 5) is 2.39. The highest BCUT2D eigenvalue weighted by atomic mass is 19.5. The Morgan fingerprint density at radius 1 is 0.875 bits per heavy atom. The van der Waals surface area contributed by atoms with E-state index in [1.165, 1.54) is 0 Å². The Morgan fingerprint density at radius 2 is 1.25 bits per heavy atom. The zero-order chi connectivity index (χ0) is 12.9. The van der Waals surface area contributed by atoms with Crippen LogP contribution in [-0.4, -0.2) is 7.25 Å². The van der Waals surface area contributed by atoms with Crippen LogP contribution < -0.4 is 0 Å². The van der Waals surface area contributed by atoms with Gasteiger partial charge in [0.15, 0.2) is 16.6 Å². The first-order chi connectivity index (χ1) is 7.15. The molecule has 0 saturated heterocycles. The number of hydrogen-bond acceptors (Lipinski definition) is 1. The lowest BCUT2D eigenvalue weighted by molar-refractivity contribution is 0.368. The summed E-state index contributed by atoms with van der Waals surface area (Å²) in [6.07, 6.45) is 0. The van der Waals surface area contributed by atoms with Crippen molar-refractivity contribution >= 4 is 12.9 Å². The lowest BCUT2D eigenvalue weighted by atomic mass is 10.3. The van der Waals surface area contributed by atoms with E-state index in [4.69, 9.17) is 5.39 Å². The van der Waals surface area contributed by atoms with Crippen LogP contribution in [0.2, 0.25) is 0 Å². The van der Waals surface area contributed by atoms with Crippen molar-refractivity contribution in [2.24, 2.45) is 0 Å². The van der Waals surface area contributed by atoms with Gasteiger partial charge in [0.2, 0.25) is 11.2 Å². The molecule has 2 nitrogen and oxygen atoms in total. The van der Waals surface area contributed by atoms with Crippen LogP contribution in [0.25, 0.3) is 4.98 Å². The molecule has 1 aromatic carbocycles. The fourth-order valence-electron chi connectivity index (χ4n) is 0.589. The van der Waals surface area contributed by atoms with Gasteiger partial charge < -0.3 is 17.3 Å². The molecule has 0 aliphatic rings. The summed E-state index contributed by atoms with van der Waals surface area (Å²) in [5, 5.41) is 8.03. The van der Waals surface area contributed by atoms with Gasteiger partial charge in [0.1, 0.15) is 0 Å². The minimum absolute atomic E-state index is 0.310. The van der Waals surface area contributed by atoms with Gasteiger partial charge in [-0.15, -0.1) is 0 Å². The van der Waals surface area contributed by atoms with E-state index < -0.39 is 30.4 Å². The van der Waals surface area contributed by atoms with Crippen LogP contribution in [0.5, 0.6) is 0 Å². The molecule has 0 saturated carbocycles. The molecule has 0 aliphatic carbocycles. The maximum absolute atomic E-state index is 12.4. The van der Waals surface area contributed by atoms with Crippen LogP contribution in [0.15, 0.2) is 12.1 Å². The molecule has 0 unspecified atom stereocenters. The Kier molecular flexibility index (Phi) is 4.74. The monoisotopic (exact) mass is 246 g/mol. The zero-order valence-corrected chi connectivity index (χ0v) is 7.27. The van der Waals surface area contributed by atoms with Gasteiger partial charge in [-0.25, -0.2) is 8.78 Å². The molecular weight excluding hydrogens is 244 g/mol. The predicted octanol–water partition coefficient (Wildman–Crippen LogP) is 3.89. The first-order valence-electron chi connectivity index (χ1n) is 3.52. The molecule has 0 amide bonds. The topological polar surface area (TPSA) is 28.1 Å². The predicted molar refractivity (Wildman–Crippen MR) is 41.2 cm³/mol. The average Bonchev–Trinajstić information content (AvgIpc) is 2.08. The van der Waals surface area contributed by atoms with Gasteiger partial charge in [0, 0.05) is 6.07 Å². The van der Waals surface area contributed by atoms with Crippen molar-refractivity contribution in [1.82, 2.24) is 0 Å². The summed E-state index contributed by atoms with van der Waals surface area (Å²) in [6, 6.07) is 0.773. The Morgan fingerprint density at radius 3 is 1.62 bits per heavy atom. The molecule has 0 atom stereocenters. The quantitative estimate of drug-likeness (QED) is 0.295. The Bertz CT molecular complexity index is 405. The van der Waals surface area contributed by atoms with Crippen molar-refractivity contribution in [3.8, 4) is 0 Å². The van der Waals surface area contributed by atoms with Gasteiger partial charge in [-0.2, -0.15) is 4.39 Å². The molecule has 0 N–H and O–H groups in total. The number of benzene rings is 1. The highest BCUT2D eigenvalue weighted by molar-refractivity contribution is 6.50. The minimum atomic E-state index is -6.00. The first kappa shape index (κ1) is 14.2. The number of nitrogens with zero attached hydrogens (tertiary/aromatic N) is 2. The summed E-state index contributed by atoms with van der Waals surface area (Å²) in [5.41, 5.74) is -0.621. The molecular formula is C6H2BF7N2. The lowest BCUT2D eigenvalue weighted by Gasteiger charge is -1.94. The Hall–Kier alpha value is -1.79. The number of rotatable bonds is 0. The summed E-state index contributed by atoms with van der Waals surface area (Å²) in [5.74, 6) is -3.67. The van der Waals surface area contributed by atoms with Gasteiger partial charge in [-0.1, -0.05) is 0 Å². The molecule has 0 heterocycles. The third kappa shape index (κ3) is 5.84. The molecule has 0 aliphatic heterocycles. The molecule has 0 spiro atoms. The van der Waals surface area contributed by atoms with Crippen molar-refractivity contribution in [2.75, 3.05) is 0 Å². The molecule has 0 aromatic heterocycles. The van der Waals surface area contributed by atoms with Crippen LogP contribution in [-0.2, 0) is 0 Å². The largest absolute Gasteiger partial charge is 0.673 e. The molecule has 10 heteroatoms. The third-order valence-corrected chi connectivity index (χ3v) is 1.10. The second kappa shape index (κ2) is 5.34. The maximum Gasteiger partial charge on any atom is 0.673 e. The Labute approximate surface area is 84.4 Å². The number of hydrogen-bond donors (Lipinski definition) is 0. The average molecular weight is 246 g/mol. The summed E-state index contributed by atoms with van der Waals surface area (Å²) in [7, 11) is -6.00. The van der Waals surface area contributed by atoms with E-state index in [2.05, 4.69) is 4.98 Å². The normalized spacial score (nSPS) is 10.1. The molecule has 0 bridgehead atoms. The highest BCUT2D eigenvalue weighted by Crippen LogP contribution is 2.20. The van der Waals surface area contributed by atoms with Crippen LogP contribution >= 0.6 is 0 Å². The van der Waals surface area contributed by atoms with Crippen LogP contribution in [0.4, 0.5) is 36.1 Å². The zero-order valence-electron chi connectivity index (χ0n) is 7.27. The molecule has 0 radical (unpaired) electrons. The van der Waals surface area contributed by atoms with Gasteiger partial charge in [-0.05, 0) is 0 Å². The van der Waals surface area contributed by atoms with Crippen LogP contribution in [0.1, 0.15) is 0 Å². The van der Waals surface area contributed by atoms with Crippen molar-refractivity contribution in [1.29, 1.82) is 5.39 Å². The summed E-state index contributed by atoms with van der Waals surface area (Å²) in [6.45, 7) is 0. The van der Waals surface area contributed by atoms with Crippen molar-refractivity contribution < 1.29 is 30.4 Å². The maximum atomic E-state index is 12.4. The summed E-state index contributed by atoms with van der Waals surface area (Å²) >= 11 is 0. The van der Waals surface area contributed by atoms with E-state index in [-0.39, 0.29) is 0 Å². The Balaban J connectivity index is 0.000000385. The van der Waals surface area contributed by atoms with Gasteiger partial charge in [-0.3, -0.25) is 0 Å². The molecule has 1 rings (SSSR count). The lowest BCUT2D eigenvalue weighted by Crippen LogP contribution is -2.02. The first-order valence-corrected chi connectivity index (χ1v) is 3.52. The molecule has 88 valence electrons. The van der Waals surface area contributed by atoms with E-state index in [9.17, 15) is 30.4 Å². The van der Waals surface area contributed by atoms with E-state index in [1.807, 2.05) is 0 Å². The highest BCUT2D eigenvalue weighted by Gasteiger charge is 2.20. The van der Waals surface area contributed by atoms with Crippen molar-refractivity contribution in [3.63, 3.8) is 0 Å². The van der Waals surface area contributed by atoms with E-state index in [1.54, 1.807) is 0 Å². The minimum Gasteiger partial charge on any atom is -0.418 e. The second-order valence-corrected chi connectivity index (χ2v) is 2.31. The van der Waals surface area contributed by atoms with E-state index in [0.29, 0.717) is 12.1 Å². The van der Waals surface area contributed by atoms with Crippen LogP contribution in [0, 0.1) is 22.8 Å². The number of halogens is 7. The fourth-order valence-corrected chi connectivity index (χ4v) is 0.589. The second-order valence-electron chi connectivity index (χ2n) is 2.31. The van der Waals surface area contributed by atoms with Crippen LogP contribution in [0.3, 0.4) is 0 Å². The molecule has 1 aromatic rings. The standard InChI is InChI=1S/C6H2F3N2.BF4/c7-3-1-5(9)6(11-10)2-4(3)8;2-1(3,4)5/h1-2H;/q+1;-1. The van der Waals surface area contributed by atoms with Gasteiger partial charge in [0.25, 0.3) is 0 Å². The third-order valence-electron chi connectivity index (χ3n) is 1.10. The van der Waals surface area contributed by atoms with Gasteiger partial charge >= 0.3 is 12.9 Å². The molecule has 0 fully saturated rings. The smallest absolute Gasteiger partial charge is 0.418 e. The van der Waals surface area contributed by atoms with Crippen molar-refractivity contribution in [2.45, 2.75) is 0 Å². The van der Waals surface area contributed by atoms with E-state index in [0.717, 1.165) is 0 Å². The van der Waals surface area contributed by atoms with E-state index >= 15 is 0 Å². The fraction of sp³-hybridized carbons (Fsp3) is 0. The molecule has 16 heavy (non-hydrogen) atoms.